The molecule has 0 amide bonds. The molecule has 0 radical (unpaired) electrons. The summed E-state index contributed by atoms with van der Waals surface area (Å²) in [4.78, 5) is 2.57. The zero-order valence-electron chi connectivity index (χ0n) is 17.5. The monoisotopic (exact) mass is 478 g/mol. The number of piperidine rings is 1. The summed E-state index contributed by atoms with van der Waals surface area (Å²) in [7, 11) is 0.685. The zero-order valence-corrected chi connectivity index (χ0v) is 19.9. The Bertz CT molecular complexity index is 851. The summed E-state index contributed by atoms with van der Waals surface area (Å²) in [6, 6.07) is 12.7. The third-order valence-corrected chi connectivity index (χ3v) is 6.88. The molecule has 6 heteroatoms. The first-order valence-corrected chi connectivity index (χ1v) is 12.5. The average Bonchev–Trinajstić information content (AvgIpc) is 2.68. The predicted octanol–water partition coefficient (Wildman–Crippen LogP) is 4.97. The Morgan fingerprint density at radius 1 is 1.21 bits per heavy atom. The van der Waals surface area contributed by atoms with E-state index in [-0.39, 0.29) is 0 Å². The van der Waals surface area contributed by atoms with Crippen molar-refractivity contribution in [2.45, 2.75) is 32.6 Å². The number of aryl methyl sites for hydroxylation is 1. The van der Waals surface area contributed by atoms with Gasteiger partial charge in [-0.1, -0.05) is 22.0 Å². The highest BCUT2D eigenvalue weighted by Gasteiger charge is 2.20. The fourth-order valence-corrected chi connectivity index (χ4v) is 4.94. The Morgan fingerprint density at radius 2 is 1.97 bits per heavy atom. The highest BCUT2D eigenvalue weighted by atomic mass is 79.9. The lowest BCUT2D eigenvalue weighted by atomic mass is 9.90. The number of methoxy groups -OCH3 is 1. The Balaban J connectivity index is 1.49. The minimum absolute atomic E-state index is 0.726. The summed E-state index contributed by atoms with van der Waals surface area (Å²) in [5.74, 6) is 1.66. The first kappa shape index (κ1) is 22.3. The van der Waals surface area contributed by atoms with Crippen molar-refractivity contribution < 1.29 is 8.95 Å². The van der Waals surface area contributed by atoms with Crippen LogP contribution in [0.2, 0.25) is 0 Å². The molecule has 4 nitrogen and oxygen atoms in total. The van der Waals surface area contributed by atoms with Crippen molar-refractivity contribution in [1.82, 2.24) is 4.90 Å². The molecule has 0 aromatic heterocycles. The van der Waals surface area contributed by atoms with Gasteiger partial charge in [-0.05, 0) is 98.6 Å². The Kier molecular flexibility index (Phi) is 8.16. The molecular formula is C23H31BrN2O2S. The van der Waals surface area contributed by atoms with E-state index in [9.17, 15) is 4.21 Å². The summed E-state index contributed by atoms with van der Waals surface area (Å²) >= 11 is 3.69. The largest absolute Gasteiger partial charge is 0.497 e. The van der Waals surface area contributed by atoms with Crippen LogP contribution >= 0.6 is 15.9 Å². The van der Waals surface area contributed by atoms with Crippen LogP contribution < -0.4 is 9.46 Å². The lowest BCUT2D eigenvalue weighted by molar-refractivity contribution is 0.186. The molecule has 0 aliphatic carbocycles. The van der Waals surface area contributed by atoms with Crippen molar-refractivity contribution >= 4 is 32.6 Å². The van der Waals surface area contributed by atoms with Gasteiger partial charge in [0.25, 0.3) is 0 Å². The number of halogens is 1. The fourth-order valence-electron chi connectivity index (χ4n) is 4.08. The number of benzene rings is 2. The second kappa shape index (κ2) is 10.6. The molecule has 1 aliphatic rings. The zero-order chi connectivity index (χ0) is 20.8. The van der Waals surface area contributed by atoms with Crippen molar-refractivity contribution in [1.29, 1.82) is 0 Å². The smallest absolute Gasteiger partial charge is 0.119 e. The third kappa shape index (κ3) is 6.83. The SMILES string of the molecule is COc1ccc(Br)c(CC2CCN(CCc3cc(C)cc(NS(C)=O)c3)CC2)c1. The summed E-state index contributed by atoms with van der Waals surface area (Å²) in [6.07, 6.45) is 6.26. The quantitative estimate of drug-likeness (QED) is 0.582. The molecule has 2 aromatic carbocycles. The number of nitrogens with one attached hydrogen (secondary N) is 1. The number of likely N-dealkylation sites (tertiary alicyclic amines) is 1. The van der Waals surface area contributed by atoms with Crippen molar-refractivity contribution in [2.75, 3.05) is 37.7 Å². The van der Waals surface area contributed by atoms with E-state index in [1.807, 2.05) is 12.1 Å². The van der Waals surface area contributed by atoms with Gasteiger partial charge in [-0.15, -0.1) is 0 Å². The van der Waals surface area contributed by atoms with Gasteiger partial charge in [-0.2, -0.15) is 0 Å². The highest BCUT2D eigenvalue weighted by molar-refractivity contribution is 9.10. The van der Waals surface area contributed by atoms with E-state index >= 15 is 0 Å². The normalized spacial score (nSPS) is 16.6. The van der Waals surface area contributed by atoms with E-state index in [4.69, 9.17) is 4.74 Å². The van der Waals surface area contributed by atoms with Gasteiger partial charge in [-0.3, -0.25) is 0 Å². The van der Waals surface area contributed by atoms with E-state index in [0.717, 1.165) is 49.8 Å². The molecule has 2 aromatic rings. The Morgan fingerprint density at radius 3 is 2.66 bits per heavy atom. The predicted molar refractivity (Wildman–Crippen MR) is 126 cm³/mol. The van der Waals surface area contributed by atoms with Crippen molar-refractivity contribution in [3.05, 3.63) is 57.6 Å². The lowest BCUT2D eigenvalue weighted by Crippen LogP contribution is -2.35. The Hall–Kier alpha value is -1.37. The van der Waals surface area contributed by atoms with Crippen molar-refractivity contribution in [3.8, 4) is 5.75 Å². The second-order valence-electron chi connectivity index (χ2n) is 7.96. The summed E-state index contributed by atoms with van der Waals surface area (Å²) < 4.78 is 21.0. The van der Waals surface area contributed by atoms with Crippen LogP contribution in [-0.2, 0) is 23.8 Å². The maximum Gasteiger partial charge on any atom is 0.119 e. The minimum atomic E-state index is -1.04. The maximum atomic E-state index is 11.4. The third-order valence-electron chi connectivity index (χ3n) is 5.58. The van der Waals surface area contributed by atoms with Gasteiger partial charge in [0.1, 0.15) is 16.7 Å². The molecule has 1 N–H and O–H groups in total. The molecule has 1 fully saturated rings. The summed E-state index contributed by atoms with van der Waals surface area (Å²) in [5, 5.41) is 0. The first-order chi connectivity index (χ1) is 13.9. The van der Waals surface area contributed by atoms with E-state index in [2.05, 4.69) is 56.7 Å². The van der Waals surface area contributed by atoms with Gasteiger partial charge < -0.3 is 14.4 Å². The van der Waals surface area contributed by atoms with Crippen LogP contribution in [-0.4, -0.2) is 42.1 Å². The van der Waals surface area contributed by atoms with Gasteiger partial charge in [0.05, 0.1) is 7.11 Å². The van der Waals surface area contributed by atoms with Gasteiger partial charge in [0.2, 0.25) is 0 Å². The maximum absolute atomic E-state index is 11.4. The van der Waals surface area contributed by atoms with E-state index in [1.54, 1.807) is 13.4 Å². The second-order valence-corrected chi connectivity index (χ2v) is 9.93. The number of hydrogen-bond donors (Lipinski definition) is 1. The first-order valence-electron chi connectivity index (χ1n) is 10.2. The summed E-state index contributed by atoms with van der Waals surface area (Å²) in [6.45, 7) is 5.48. The molecule has 1 saturated heterocycles. The number of ether oxygens (including phenoxy) is 1. The number of rotatable bonds is 8. The standard InChI is InChI=1S/C23H31BrN2O2S/c1-17-12-19(15-21(13-17)25-29(3)27)8-11-26-9-6-18(7-10-26)14-20-16-22(28-2)4-5-23(20)24/h4-5,12-13,15-16,18,25H,6-11,14H2,1-3H3. The Labute approximate surface area is 185 Å². The van der Waals surface area contributed by atoms with Crippen molar-refractivity contribution in [3.63, 3.8) is 0 Å². The molecule has 3 rings (SSSR count). The van der Waals surface area contributed by atoms with Crippen LogP contribution in [0.15, 0.2) is 40.9 Å². The molecule has 1 heterocycles. The molecule has 29 heavy (non-hydrogen) atoms. The summed E-state index contributed by atoms with van der Waals surface area (Å²) in [5.41, 5.74) is 4.80. The molecule has 0 spiro atoms. The van der Waals surface area contributed by atoms with Gasteiger partial charge in [0.15, 0.2) is 0 Å². The molecule has 0 bridgehead atoms. The highest BCUT2D eigenvalue weighted by Crippen LogP contribution is 2.29. The fraction of sp³-hybridized carbons (Fsp3) is 0.478. The lowest BCUT2D eigenvalue weighted by Gasteiger charge is -2.32. The van der Waals surface area contributed by atoms with Crippen molar-refractivity contribution in [2.24, 2.45) is 5.92 Å². The molecular weight excluding hydrogens is 448 g/mol. The van der Waals surface area contributed by atoms with Gasteiger partial charge >= 0.3 is 0 Å². The average molecular weight is 479 g/mol. The number of nitrogens with zero attached hydrogens (tertiary/aromatic N) is 1. The van der Waals surface area contributed by atoms with Crippen LogP contribution in [0.4, 0.5) is 5.69 Å². The van der Waals surface area contributed by atoms with E-state index in [0.29, 0.717) is 0 Å². The minimum Gasteiger partial charge on any atom is -0.497 e. The van der Waals surface area contributed by atoms with Crippen LogP contribution in [0.3, 0.4) is 0 Å². The molecule has 1 aliphatic heterocycles. The molecule has 158 valence electrons. The van der Waals surface area contributed by atoms with Crippen LogP contribution in [0.5, 0.6) is 5.75 Å². The van der Waals surface area contributed by atoms with Gasteiger partial charge in [-0.25, -0.2) is 4.21 Å². The molecule has 1 unspecified atom stereocenters. The molecule has 1 atom stereocenters. The molecule has 0 saturated carbocycles. The van der Waals surface area contributed by atoms with Gasteiger partial charge in [0, 0.05) is 23.0 Å². The number of hydrogen-bond acceptors (Lipinski definition) is 3. The van der Waals surface area contributed by atoms with E-state index < -0.39 is 11.0 Å². The van der Waals surface area contributed by atoms with Crippen LogP contribution in [0.25, 0.3) is 0 Å². The number of anilines is 1. The topological polar surface area (TPSA) is 41.6 Å². The van der Waals surface area contributed by atoms with Crippen LogP contribution in [0.1, 0.15) is 29.5 Å². The van der Waals surface area contributed by atoms with E-state index in [1.165, 1.54) is 34.0 Å². The van der Waals surface area contributed by atoms with Crippen LogP contribution in [0, 0.1) is 12.8 Å².